The standard InChI is InChI=1S/C27H46O5PS3.ClH/c1-4-5-19-35-26(34)36-25(20-27(2,3)32-22-31)24-11-9-23(10-12-24)21-33(16-6-13-28,17-7-14-29)18-8-15-30;/h9-12,22,25,28-30H,4-8,13-21H2,1-3H3;1H/q+1;/p-1. The second-order valence-corrected chi connectivity index (χ2v) is 17.7. The van der Waals surface area contributed by atoms with Gasteiger partial charge in [0.1, 0.15) is 9.13 Å². The minimum atomic E-state index is -1.46. The third-order valence-corrected chi connectivity index (χ3v) is 14.0. The van der Waals surface area contributed by atoms with E-state index >= 15 is 0 Å². The zero-order chi connectivity index (χ0) is 26.9. The van der Waals surface area contributed by atoms with Crippen molar-refractivity contribution < 1.29 is 37.3 Å². The van der Waals surface area contributed by atoms with Gasteiger partial charge in [-0.05, 0) is 37.1 Å². The molecule has 0 aliphatic heterocycles. The minimum Gasteiger partial charge on any atom is -1.00 e. The Morgan fingerprint density at radius 2 is 1.57 bits per heavy atom. The van der Waals surface area contributed by atoms with Gasteiger partial charge in [-0.2, -0.15) is 0 Å². The van der Waals surface area contributed by atoms with Gasteiger partial charge < -0.3 is 32.5 Å². The molecule has 0 spiro atoms. The summed E-state index contributed by atoms with van der Waals surface area (Å²) in [6, 6.07) is 8.72. The number of carbonyl (C=O) groups excluding carboxylic acids is 1. The van der Waals surface area contributed by atoms with Gasteiger partial charge in [-0.15, -0.1) is 11.8 Å². The summed E-state index contributed by atoms with van der Waals surface area (Å²) in [5.74, 6) is 1.02. The number of ether oxygens (including phenoxy) is 1. The lowest BCUT2D eigenvalue weighted by molar-refractivity contribution is -0.140. The van der Waals surface area contributed by atoms with E-state index in [4.69, 9.17) is 17.0 Å². The Labute approximate surface area is 245 Å². The molecule has 1 rings (SSSR count). The van der Waals surface area contributed by atoms with Crippen molar-refractivity contribution in [1.29, 1.82) is 0 Å². The average Bonchev–Trinajstić information content (AvgIpc) is 2.85. The number of rotatable bonds is 20. The summed E-state index contributed by atoms with van der Waals surface area (Å²) in [7, 11) is -1.46. The third-order valence-electron chi connectivity index (χ3n) is 6.24. The molecule has 0 saturated heterocycles. The van der Waals surface area contributed by atoms with Crippen LogP contribution < -0.4 is 12.4 Å². The summed E-state index contributed by atoms with van der Waals surface area (Å²) >= 11 is 9.07. The van der Waals surface area contributed by atoms with Gasteiger partial charge in [-0.1, -0.05) is 61.6 Å². The first-order chi connectivity index (χ1) is 17.2. The molecule has 0 bridgehead atoms. The molecule has 1 aromatic carbocycles. The second-order valence-electron chi connectivity index (χ2n) is 9.88. The molecular weight excluding hydrogens is 567 g/mol. The van der Waals surface area contributed by atoms with Crippen LogP contribution in [0.2, 0.25) is 0 Å². The van der Waals surface area contributed by atoms with Crippen LogP contribution in [-0.4, -0.2) is 75.0 Å². The van der Waals surface area contributed by atoms with Crippen LogP contribution in [0.25, 0.3) is 0 Å². The maximum absolute atomic E-state index is 11.0. The molecule has 0 heterocycles. The average molecular weight is 613 g/mol. The van der Waals surface area contributed by atoms with Gasteiger partial charge in [0.2, 0.25) is 0 Å². The van der Waals surface area contributed by atoms with E-state index in [0.29, 0.717) is 12.9 Å². The van der Waals surface area contributed by atoms with Gasteiger partial charge in [-0.25, -0.2) is 0 Å². The molecule has 1 atom stereocenters. The predicted molar refractivity (Wildman–Crippen MR) is 163 cm³/mol. The van der Waals surface area contributed by atoms with Crippen LogP contribution in [0.4, 0.5) is 0 Å². The summed E-state index contributed by atoms with van der Waals surface area (Å²) < 4.78 is 6.28. The largest absolute Gasteiger partial charge is 1.00 e. The number of hydrogen-bond acceptors (Lipinski definition) is 8. The van der Waals surface area contributed by atoms with Gasteiger partial charge in [0.25, 0.3) is 6.47 Å². The van der Waals surface area contributed by atoms with Crippen molar-refractivity contribution in [1.82, 2.24) is 0 Å². The summed E-state index contributed by atoms with van der Waals surface area (Å²) in [5, 5.41) is 28.5. The summed E-state index contributed by atoms with van der Waals surface area (Å²) in [6.45, 7) is 7.08. The van der Waals surface area contributed by atoms with E-state index in [1.807, 2.05) is 13.8 Å². The summed E-state index contributed by atoms with van der Waals surface area (Å²) in [4.78, 5) is 11.0. The van der Waals surface area contributed by atoms with Crippen LogP contribution in [0.3, 0.4) is 0 Å². The zero-order valence-corrected chi connectivity index (χ0v) is 26.7. The van der Waals surface area contributed by atoms with Crippen molar-refractivity contribution in [2.24, 2.45) is 0 Å². The van der Waals surface area contributed by atoms with E-state index in [1.54, 1.807) is 23.5 Å². The monoisotopic (exact) mass is 612 g/mol. The molecule has 0 aromatic heterocycles. The highest BCUT2D eigenvalue weighted by Gasteiger charge is 2.36. The third kappa shape index (κ3) is 15.4. The highest BCUT2D eigenvalue weighted by atomic mass is 35.5. The highest BCUT2D eigenvalue weighted by molar-refractivity contribution is 8.47. The molecule has 37 heavy (non-hydrogen) atoms. The molecule has 0 fully saturated rings. The first-order valence-corrected chi connectivity index (χ1v) is 17.8. The van der Waals surface area contributed by atoms with Crippen LogP contribution in [-0.2, 0) is 15.7 Å². The molecule has 0 amide bonds. The fraction of sp³-hybridized carbons (Fsp3) is 0.704. The van der Waals surface area contributed by atoms with Gasteiger partial charge in [0.05, 0.1) is 24.6 Å². The van der Waals surface area contributed by atoms with E-state index < -0.39 is 12.9 Å². The molecule has 1 unspecified atom stereocenters. The van der Waals surface area contributed by atoms with Gasteiger partial charge in [0.15, 0.2) is 0 Å². The number of carbonyl (C=O) groups is 1. The van der Waals surface area contributed by atoms with Gasteiger partial charge in [0, 0.05) is 58.0 Å². The lowest BCUT2D eigenvalue weighted by Crippen LogP contribution is -3.00. The highest BCUT2D eigenvalue weighted by Crippen LogP contribution is 2.62. The normalized spacial score (nSPS) is 12.6. The Kier molecular flexibility index (Phi) is 21.0. The van der Waals surface area contributed by atoms with Crippen molar-refractivity contribution in [3.8, 4) is 0 Å². The topological polar surface area (TPSA) is 87.0 Å². The molecule has 3 N–H and O–H groups in total. The molecule has 10 heteroatoms. The van der Waals surface area contributed by atoms with Crippen LogP contribution in [0, 0.1) is 0 Å². The van der Waals surface area contributed by atoms with Crippen LogP contribution in [0.5, 0.6) is 0 Å². The fourth-order valence-electron chi connectivity index (χ4n) is 4.32. The lowest BCUT2D eigenvalue weighted by Gasteiger charge is -2.29. The number of unbranched alkanes of at least 4 members (excludes halogenated alkanes) is 1. The van der Waals surface area contributed by atoms with E-state index in [1.165, 1.54) is 5.56 Å². The van der Waals surface area contributed by atoms with Crippen molar-refractivity contribution >= 4 is 53.0 Å². The smallest absolute Gasteiger partial charge is 0.293 e. The predicted octanol–water partition coefficient (Wildman–Crippen LogP) is 3.29. The number of aliphatic hydroxyl groups is 3. The number of benzene rings is 1. The second kappa shape index (κ2) is 20.9. The fourth-order valence-corrected chi connectivity index (χ4v) is 12.0. The maximum atomic E-state index is 11.0. The number of thiocarbonyl (C=S) groups is 1. The molecule has 0 saturated carbocycles. The molecule has 0 radical (unpaired) electrons. The number of hydrogen-bond donors (Lipinski definition) is 3. The van der Waals surface area contributed by atoms with E-state index in [9.17, 15) is 20.1 Å². The van der Waals surface area contributed by atoms with Gasteiger partial charge in [-0.3, -0.25) is 4.79 Å². The Balaban J connectivity index is 0.0000130. The summed E-state index contributed by atoms with van der Waals surface area (Å²) in [6.07, 6.45) is 9.11. The Morgan fingerprint density at radius 3 is 2.03 bits per heavy atom. The molecule has 214 valence electrons. The maximum Gasteiger partial charge on any atom is 0.293 e. The lowest BCUT2D eigenvalue weighted by atomic mass is 9.97. The van der Waals surface area contributed by atoms with Crippen molar-refractivity contribution in [2.75, 3.05) is 44.1 Å². The minimum absolute atomic E-state index is 0. The molecule has 0 aliphatic rings. The van der Waals surface area contributed by atoms with Crippen molar-refractivity contribution in [2.45, 2.75) is 76.3 Å². The first kappa shape index (κ1) is 37.1. The Bertz CT molecular complexity index is 730. The molecule has 1 aromatic rings. The molecule has 0 aliphatic carbocycles. The van der Waals surface area contributed by atoms with Crippen LogP contribution in [0.1, 0.15) is 75.7 Å². The Hall–Kier alpha value is 0.0800. The van der Waals surface area contributed by atoms with E-state index in [2.05, 4.69) is 31.2 Å². The van der Waals surface area contributed by atoms with Crippen LogP contribution in [0.15, 0.2) is 24.3 Å². The number of thioether (sulfide) groups is 2. The van der Waals surface area contributed by atoms with Crippen molar-refractivity contribution in [3.63, 3.8) is 0 Å². The Morgan fingerprint density at radius 1 is 1.03 bits per heavy atom. The van der Waals surface area contributed by atoms with Crippen LogP contribution >= 0.6 is 43.0 Å². The quantitative estimate of drug-likeness (QED) is 0.0895. The first-order valence-electron chi connectivity index (χ1n) is 13.0. The summed E-state index contributed by atoms with van der Waals surface area (Å²) in [5.41, 5.74) is 1.82. The van der Waals surface area contributed by atoms with E-state index in [0.717, 1.165) is 71.6 Å². The number of aliphatic hydroxyl groups excluding tert-OH is 3. The SMILES string of the molecule is CCCCSC(=S)SC(CC(C)(C)OC=O)c1ccc(C[P+](CCCO)(CCCO)CCCO)cc1.[Cl-]. The zero-order valence-electron chi connectivity index (χ0n) is 22.6. The molecular formula is C27H46ClO5PS3. The molecule has 5 nitrogen and oxygen atoms in total. The van der Waals surface area contributed by atoms with Gasteiger partial charge >= 0.3 is 0 Å². The van der Waals surface area contributed by atoms with Crippen molar-refractivity contribution in [3.05, 3.63) is 35.4 Å². The van der Waals surface area contributed by atoms with E-state index in [-0.39, 0.29) is 37.5 Å². The number of halogens is 1.